The van der Waals surface area contributed by atoms with Gasteiger partial charge in [-0.05, 0) is 51.5 Å². The molecule has 0 aromatic heterocycles. The molecule has 2 aromatic rings. The molecule has 4 rings (SSSR count). The number of rotatable bonds is 8. The molecule has 12 heteroatoms. The molecule has 2 aromatic carbocycles. The van der Waals surface area contributed by atoms with Gasteiger partial charge in [0.05, 0.1) is 17.3 Å². The number of ether oxygens (including phenoxy) is 1. The van der Waals surface area contributed by atoms with Gasteiger partial charge in [-0.3, -0.25) is 14.5 Å². The molecule has 2 fully saturated rings. The van der Waals surface area contributed by atoms with Crippen molar-refractivity contribution < 1.29 is 18.3 Å². The Morgan fingerprint density at radius 3 is 2.46 bits per heavy atom. The number of sulfonamides is 1. The van der Waals surface area contributed by atoms with Gasteiger partial charge in [-0.1, -0.05) is 25.4 Å². The fraction of sp³-hybridized carbons (Fsp3) is 0.565. The van der Waals surface area contributed by atoms with Crippen molar-refractivity contribution in [2.24, 2.45) is 0 Å². The number of fused-ring (bicyclic) bond motifs is 1. The second kappa shape index (κ2) is 11.7. The Kier molecular flexibility index (Phi) is 9.16. The maximum absolute atomic E-state index is 13.3. The Morgan fingerprint density at radius 2 is 1.83 bits per heavy atom. The van der Waals surface area contributed by atoms with E-state index in [0.29, 0.717) is 19.6 Å². The number of halogens is 1. The van der Waals surface area contributed by atoms with Gasteiger partial charge in [0, 0.05) is 25.7 Å². The smallest absolute Gasteiger partial charge is 0.272 e. The van der Waals surface area contributed by atoms with Crippen LogP contribution >= 0.6 is 11.6 Å². The predicted molar refractivity (Wildman–Crippen MR) is 136 cm³/mol. The van der Waals surface area contributed by atoms with E-state index in [4.69, 9.17) is 16.3 Å². The molecule has 3 N–H and O–H groups in total. The van der Waals surface area contributed by atoms with Gasteiger partial charge >= 0.3 is 0 Å². The van der Waals surface area contributed by atoms with Crippen molar-refractivity contribution in [2.75, 3.05) is 51.2 Å². The summed E-state index contributed by atoms with van der Waals surface area (Å²) in [5.41, 5.74) is -1.74. The van der Waals surface area contributed by atoms with Crippen LogP contribution in [-0.4, -0.2) is 74.6 Å². The maximum Gasteiger partial charge on any atom is 0.272 e. The molecule has 0 spiro atoms. The Balaban J connectivity index is 0.000000623. The van der Waals surface area contributed by atoms with E-state index in [1.807, 2.05) is 0 Å². The van der Waals surface area contributed by atoms with E-state index in [1.165, 1.54) is 16.4 Å². The fourth-order valence-electron chi connectivity index (χ4n) is 4.35. The highest BCUT2D eigenvalue weighted by Crippen LogP contribution is 2.41. The molecule has 0 radical (unpaired) electrons. The number of hydrogen-bond acceptors (Lipinski definition) is 9. The molecule has 194 valence electrons. The Morgan fingerprint density at radius 1 is 1.11 bits per heavy atom. The van der Waals surface area contributed by atoms with Crippen molar-refractivity contribution in [3.8, 4) is 11.5 Å². The number of phenols is 1. The third kappa shape index (κ3) is 5.64. The van der Waals surface area contributed by atoms with Gasteiger partial charge in [0.15, 0.2) is 11.5 Å². The molecular weight excluding hydrogens is 496 g/mol. The van der Waals surface area contributed by atoms with Gasteiger partial charge in [-0.15, -0.1) is 0 Å². The summed E-state index contributed by atoms with van der Waals surface area (Å²) in [5, 5.41) is 16.4. The van der Waals surface area contributed by atoms with E-state index < -0.39 is 31.5 Å². The van der Waals surface area contributed by atoms with Crippen LogP contribution in [0.15, 0.2) is 26.6 Å². The number of anilines is 2. The molecule has 2 aliphatic heterocycles. The third-order valence-corrected chi connectivity index (χ3v) is 8.51. The van der Waals surface area contributed by atoms with Crippen LogP contribution < -0.4 is 26.2 Å². The number of piperazine rings is 1. The number of phenolic OH excluding ortho intramolecular Hbond substituents is 1. The van der Waals surface area contributed by atoms with Crippen LogP contribution in [0.1, 0.15) is 33.6 Å². The Labute approximate surface area is 210 Å². The molecule has 0 aliphatic carbocycles. The fourth-order valence-corrected chi connectivity index (χ4v) is 6.42. The largest absolute Gasteiger partial charge is 0.504 e. The van der Waals surface area contributed by atoms with E-state index in [2.05, 4.69) is 29.4 Å². The maximum atomic E-state index is 13.3. The van der Waals surface area contributed by atoms with Gasteiger partial charge in [0.2, 0.25) is 10.0 Å². The lowest BCUT2D eigenvalue weighted by Crippen LogP contribution is -2.51. The minimum absolute atomic E-state index is 0.0504. The lowest BCUT2D eigenvalue weighted by atomic mass is 10.2. The second-order valence-corrected chi connectivity index (χ2v) is 10.6. The summed E-state index contributed by atoms with van der Waals surface area (Å²) in [4.78, 5) is 25.4. The van der Waals surface area contributed by atoms with Gasteiger partial charge in [-0.25, -0.2) is 8.42 Å². The minimum atomic E-state index is -4.07. The topological polar surface area (TPSA) is 128 Å². The van der Waals surface area contributed by atoms with E-state index >= 15 is 0 Å². The van der Waals surface area contributed by atoms with Crippen molar-refractivity contribution in [3.05, 3.63) is 37.6 Å². The Bertz CT molecular complexity index is 1210. The number of aromatic hydroxyl groups is 1. The van der Waals surface area contributed by atoms with Crippen molar-refractivity contribution in [1.29, 1.82) is 0 Å². The summed E-state index contributed by atoms with van der Waals surface area (Å²) < 4.78 is 33.1. The van der Waals surface area contributed by atoms with Crippen LogP contribution in [0, 0.1) is 0 Å². The molecule has 35 heavy (non-hydrogen) atoms. The standard InChI is InChI=1S/C19H22ClN3O6S.C4H11N/c1-2-29-18-14(16(25)17(18)26)21-13-6-5-12(20)19(15(13)24)30(27,28)23-9-8-22-7-3-4-11(22)10-23;1-3-5-4-2/h5-6,11,21,24H,2-4,7-10H2,1H3;5H,3-4H2,1-2H3. The molecule has 1 atom stereocenters. The first kappa shape index (κ1) is 27.4. The highest BCUT2D eigenvalue weighted by atomic mass is 35.5. The van der Waals surface area contributed by atoms with Crippen LogP contribution in [0.4, 0.5) is 11.4 Å². The van der Waals surface area contributed by atoms with Crippen LogP contribution in [-0.2, 0) is 10.0 Å². The Hall–Kier alpha value is -2.18. The first-order valence-corrected chi connectivity index (χ1v) is 13.7. The van der Waals surface area contributed by atoms with Crippen molar-refractivity contribution in [1.82, 2.24) is 14.5 Å². The summed E-state index contributed by atoms with van der Waals surface area (Å²) in [6.45, 7) is 10.5. The molecule has 2 heterocycles. The zero-order chi connectivity index (χ0) is 25.8. The summed E-state index contributed by atoms with van der Waals surface area (Å²) in [7, 11) is -4.07. The van der Waals surface area contributed by atoms with Crippen molar-refractivity contribution >= 4 is 33.0 Å². The van der Waals surface area contributed by atoms with E-state index in [9.17, 15) is 23.1 Å². The normalized spacial score (nSPS) is 18.7. The first-order chi connectivity index (χ1) is 16.7. The molecule has 0 bridgehead atoms. The van der Waals surface area contributed by atoms with E-state index in [1.54, 1.807) is 6.92 Å². The van der Waals surface area contributed by atoms with Crippen LogP contribution in [0.25, 0.3) is 0 Å². The molecule has 2 aliphatic rings. The zero-order valence-electron chi connectivity index (χ0n) is 20.3. The predicted octanol–water partition coefficient (Wildman–Crippen LogP) is 1.87. The number of hydrogen-bond donors (Lipinski definition) is 3. The van der Waals surface area contributed by atoms with Crippen molar-refractivity contribution in [3.63, 3.8) is 0 Å². The monoisotopic (exact) mass is 528 g/mol. The average Bonchev–Trinajstić information content (AvgIpc) is 3.31. The third-order valence-electron chi connectivity index (χ3n) is 6.15. The highest BCUT2D eigenvalue weighted by molar-refractivity contribution is 7.89. The molecule has 0 saturated carbocycles. The number of benzene rings is 1. The minimum Gasteiger partial charge on any atom is -0.504 e. The SMILES string of the molecule is CCNCC.CCOc1c(Nc2ccc(Cl)c(S(=O)(=O)N3CCN4CCCC4C3)c2O)c(=O)c1=O. The summed E-state index contributed by atoms with van der Waals surface area (Å²) in [5.74, 6) is -0.745. The van der Waals surface area contributed by atoms with Gasteiger partial charge in [-0.2, -0.15) is 4.31 Å². The summed E-state index contributed by atoms with van der Waals surface area (Å²) >= 11 is 6.17. The number of nitrogens with zero attached hydrogens (tertiary/aromatic N) is 2. The summed E-state index contributed by atoms with van der Waals surface area (Å²) in [6, 6.07) is 2.83. The molecule has 1 unspecified atom stereocenters. The highest BCUT2D eigenvalue weighted by Gasteiger charge is 2.39. The molecular formula is C23H33ClN4O6S. The lowest BCUT2D eigenvalue weighted by Gasteiger charge is -2.36. The van der Waals surface area contributed by atoms with Crippen LogP contribution in [0.2, 0.25) is 5.02 Å². The zero-order valence-corrected chi connectivity index (χ0v) is 21.8. The molecule has 0 amide bonds. The van der Waals surface area contributed by atoms with E-state index in [-0.39, 0.29) is 34.8 Å². The van der Waals surface area contributed by atoms with Gasteiger partial charge in [0.25, 0.3) is 10.9 Å². The van der Waals surface area contributed by atoms with Gasteiger partial charge < -0.3 is 20.5 Å². The quantitative estimate of drug-likeness (QED) is 0.347. The average molecular weight is 529 g/mol. The number of nitrogens with one attached hydrogen (secondary N) is 2. The lowest BCUT2D eigenvalue weighted by molar-refractivity contribution is 0.158. The van der Waals surface area contributed by atoms with Gasteiger partial charge in [0.1, 0.15) is 10.6 Å². The van der Waals surface area contributed by atoms with Crippen LogP contribution in [0.5, 0.6) is 11.5 Å². The van der Waals surface area contributed by atoms with E-state index in [0.717, 1.165) is 32.5 Å². The molecule has 2 saturated heterocycles. The first-order valence-electron chi connectivity index (χ1n) is 11.9. The molecule has 10 nitrogen and oxygen atoms in total. The second-order valence-electron chi connectivity index (χ2n) is 8.35. The summed E-state index contributed by atoms with van der Waals surface area (Å²) in [6.07, 6.45) is 1.96. The van der Waals surface area contributed by atoms with Crippen LogP contribution in [0.3, 0.4) is 0 Å². The van der Waals surface area contributed by atoms with Crippen molar-refractivity contribution in [2.45, 2.75) is 44.6 Å².